The molecule has 1 heterocycles. The Morgan fingerprint density at radius 1 is 1.43 bits per heavy atom. The smallest absolute Gasteiger partial charge is 0.319 e. The monoisotopic (exact) mass is 324 g/mol. The van der Waals surface area contributed by atoms with Crippen molar-refractivity contribution in [2.24, 2.45) is 0 Å². The fraction of sp³-hybridized carbons (Fsp3) is 0.267. The van der Waals surface area contributed by atoms with Crippen LogP contribution in [-0.2, 0) is 5.60 Å². The van der Waals surface area contributed by atoms with Gasteiger partial charge in [0, 0.05) is 10.7 Å². The number of thiophene rings is 1. The Balaban J connectivity index is 1.95. The van der Waals surface area contributed by atoms with E-state index in [0.717, 1.165) is 11.1 Å². The molecule has 0 aliphatic carbocycles. The van der Waals surface area contributed by atoms with Gasteiger partial charge in [0.2, 0.25) is 0 Å². The van der Waals surface area contributed by atoms with Crippen LogP contribution in [0.25, 0.3) is 0 Å². The minimum absolute atomic E-state index is 0.120. The Bertz CT molecular complexity index is 627. The summed E-state index contributed by atoms with van der Waals surface area (Å²) in [6.07, 6.45) is 0. The Kier molecular flexibility index (Phi) is 4.88. The molecule has 112 valence electrons. The second-order valence-electron chi connectivity index (χ2n) is 5.05. The predicted molar refractivity (Wildman–Crippen MR) is 87.1 cm³/mol. The quantitative estimate of drug-likeness (QED) is 0.802. The van der Waals surface area contributed by atoms with Gasteiger partial charge in [-0.3, -0.25) is 0 Å². The summed E-state index contributed by atoms with van der Waals surface area (Å²) in [5.74, 6) is 0. The molecule has 2 rings (SSSR count). The molecule has 1 atom stereocenters. The van der Waals surface area contributed by atoms with Gasteiger partial charge in [0.25, 0.3) is 0 Å². The van der Waals surface area contributed by atoms with Gasteiger partial charge in [-0.2, -0.15) is 11.3 Å². The molecule has 0 spiro atoms. The van der Waals surface area contributed by atoms with E-state index in [0.29, 0.717) is 10.7 Å². The van der Waals surface area contributed by atoms with E-state index in [1.807, 2.05) is 29.8 Å². The van der Waals surface area contributed by atoms with Crippen LogP contribution in [0.5, 0.6) is 0 Å². The first-order valence-electron chi connectivity index (χ1n) is 6.44. The minimum atomic E-state index is -1.10. The number of aryl methyl sites for hydroxylation is 1. The molecule has 1 aromatic heterocycles. The van der Waals surface area contributed by atoms with Crippen molar-refractivity contribution in [3.63, 3.8) is 0 Å². The number of carbonyl (C=O) groups is 1. The van der Waals surface area contributed by atoms with Crippen LogP contribution in [0.4, 0.5) is 10.5 Å². The Morgan fingerprint density at radius 2 is 2.19 bits per heavy atom. The molecule has 2 amide bonds. The summed E-state index contributed by atoms with van der Waals surface area (Å²) in [6, 6.07) is 6.75. The average Bonchev–Trinajstić information content (AvgIpc) is 2.96. The first kappa shape index (κ1) is 15.8. The van der Waals surface area contributed by atoms with Gasteiger partial charge in [-0.25, -0.2) is 4.79 Å². The van der Waals surface area contributed by atoms with Crippen molar-refractivity contribution in [3.8, 4) is 0 Å². The number of aliphatic hydroxyl groups is 1. The molecular formula is C15H17ClN2O2S. The molecule has 3 N–H and O–H groups in total. The third kappa shape index (κ3) is 4.20. The summed E-state index contributed by atoms with van der Waals surface area (Å²) < 4.78 is 0. The summed E-state index contributed by atoms with van der Waals surface area (Å²) in [7, 11) is 0. The molecule has 2 aromatic rings. The number of carbonyl (C=O) groups excluding carboxylic acids is 1. The first-order valence-corrected chi connectivity index (χ1v) is 7.76. The zero-order chi connectivity index (χ0) is 15.5. The van der Waals surface area contributed by atoms with Gasteiger partial charge < -0.3 is 15.7 Å². The molecule has 4 nitrogen and oxygen atoms in total. The highest BCUT2D eigenvalue weighted by molar-refractivity contribution is 7.08. The van der Waals surface area contributed by atoms with Crippen molar-refractivity contribution in [1.82, 2.24) is 5.32 Å². The van der Waals surface area contributed by atoms with Crippen LogP contribution in [0.2, 0.25) is 5.02 Å². The second-order valence-corrected chi connectivity index (χ2v) is 6.27. The lowest BCUT2D eigenvalue weighted by Crippen LogP contribution is -2.40. The van der Waals surface area contributed by atoms with Crippen LogP contribution in [0.15, 0.2) is 35.0 Å². The molecule has 1 unspecified atom stereocenters. The highest BCUT2D eigenvalue weighted by Gasteiger charge is 2.24. The zero-order valence-electron chi connectivity index (χ0n) is 11.8. The predicted octanol–water partition coefficient (Wildman–Crippen LogP) is 3.74. The number of rotatable bonds is 4. The van der Waals surface area contributed by atoms with Gasteiger partial charge in [-0.15, -0.1) is 0 Å². The average molecular weight is 325 g/mol. The normalized spacial score (nSPS) is 13.5. The molecule has 0 saturated heterocycles. The van der Waals surface area contributed by atoms with Crippen LogP contribution in [-0.4, -0.2) is 17.7 Å². The molecule has 6 heteroatoms. The Morgan fingerprint density at radius 3 is 2.86 bits per heavy atom. The SMILES string of the molecule is Cc1ccc(Cl)cc1NC(=O)NCC(C)(O)c1ccsc1. The number of hydrogen-bond acceptors (Lipinski definition) is 3. The lowest BCUT2D eigenvalue weighted by Gasteiger charge is -2.23. The van der Waals surface area contributed by atoms with Gasteiger partial charge in [0.05, 0.1) is 6.54 Å². The second kappa shape index (κ2) is 6.47. The van der Waals surface area contributed by atoms with E-state index < -0.39 is 5.60 Å². The molecule has 1 aromatic carbocycles. The fourth-order valence-electron chi connectivity index (χ4n) is 1.82. The van der Waals surface area contributed by atoms with Crippen molar-refractivity contribution in [2.45, 2.75) is 19.4 Å². The standard InChI is InChI=1S/C15H17ClN2O2S/c1-10-3-4-12(16)7-13(10)18-14(19)17-9-15(2,20)11-5-6-21-8-11/h3-8,20H,9H2,1-2H3,(H2,17,18,19). The Hall–Kier alpha value is -1.56. The van der Waals surface area contributed by atoms with Crippen molar-refractivity contribution in [2.75, 3.05) is 11.9 Å². The molecule has 0 aliphatic rings. The molecule has 21 heavy (non-hydrogen) atoms. The van der Waals surface area contributed by atoms with Gasteiger partial charge in [0.15, 0.2) is 0 Å². The van der Waals surface area contributed by atoms with Crippen molar-refractivity contribution < 1.29 is 9.90 Å². The van der Waals surface area contributed by atoms with Crippen LogP contribution in [0, 0.1) is 6.92 Å². The first-order chi connectivity index (χ1) is 9.88. The largest absolute Gasteiger partial charge is 0.384 e. The van der Waals surface area contributed by atoms with E-state index in [-0.39, 0.29) is 12.6 Å². The Labute approximate surface area is 132 Å². The number of urea groups is 1. The lowest BCUT2D eigenvalue weighted by molar-refractivity contribution is 0.0604. The van der Waals surface area contributed by atoms with Crippen LogP contribution < -0.4 is 10.6 Å². The molecule has 0 radical (unpaired) electrons. The highest BCUT2D eigenvalue weighted by Crippen LogP contribution is 2.22. The van der Waals surface area contributed by atoms with E-state index in [4.69, 9.17) is 11.6 Å². The highest BCUT2D eigenvalue weighted by atomic mass is 35.5. The van der Waals surface area contributed by atoms with E-state index >= 15 is 0 Å². The van der Waals surface area contributed by atoms with Crippen molar-refractivity contribution in [3.05, 3.63) is 51.2 Å². The van der Waals surface area contributed by atoms with Crippen molar-refractivity contribution >= 4 is 34.7 Å². The minimum Gasteiger partial charge on any atom is -0.384 e. The van der Waals surface area contributed by atoms with Crippen LogP contribution in [0.1, 0.15) is 18.1 Å². The van der Waals surface area contributed by atoms with E-state index in [2.05, 4.69) is 10.6 Å². The van der Waals surface area contributed by atoms with Crippen molar-refractivity contribution in [1.29, 1.82) is 0 Å². The lowest BCUT2D eigenvalue weighted by atomic mass is 9.99. The summed E-state index contributed by atoms with van der Waals surface area (Å²) in [5, 5.41) is 20.0. The molecule has 0 saturated carbocycles. The van der Waals surface area contributed by atoms with Gasteiger partial charge in [-0.05, 0) is 53.9 Å². The summed E-state index contributed by atoms with van der Waals surface area (Å²) >= 11 is 7.41. The molecule has 0 bridgehead atoms. The van der Waals surface area contributed by atoms with Gasteiger partial charge in [-0.1, -0.05) is 17.7 Å². The zero-order valence-corrected chi connectivity index (χ0v) is 13.4. The van der Waals surface area contributed by atoms with E-state index in [1.165, 1.54) is 11.3 Å². The van der Waals surface area contributed by atoms with Crippen LogP contribution in [0.3, 0.4) is 0 Å². The number of benzene rings is 1. The number of halogens is 1. The summed E-state index contributed by atoms with van der Waals surface area (Å²) in [4.78, 5) is 11.9. The van der Waals surface area contributed by atoms with E-state index in [9.17, 15) is 9.90 Å². The topological polar surface area (TPSA) is 61.4 Å². The number of nitrogens with one attached hydrogen (secondary N) is 2. The third-order valence-electron chi connectivity index (χ3n) is 3.18. The molecule has 0 fully saturated rings. The van der Waals surface area contributed by atoms with Gasteiger partial charge >= 0.3 is 6.03 Å². The summed E-state index contributed by atoms with van der Waals surface area (Å²) in [5.41, 5.74) is 1.25. The van der Waals surface area contributed by atoms with Gasteiger partial charge in [0.1, 0.15) is 5.60 Å². The fourth-order valence-corrected chi connectivity index (χ4v) is 2.78. The number of amides is 2. The maximum Gasteiger partial charge on any atom is 0.319 e. The number of anilines is 1. The summed E-state index contributed by atoms with van der Waals surface area (Å²) in [6.45, 7) is 3.67. The molecular weight excluding hydrogens is 308 g/mol. The maximum absolute atomic E-state index is 11.9. The molecule has 0 aliphatic heterocycles. The maximum atomic E-state index is 11.9. The third-order valence-corrected chi connectivity index (χ3v) is 4.10. The van der Waals surface area contributed by atoms with E-state index in [1.54, 1.807) is 19.1 Å². The van der Waals surface area contributed by atoms with Crippen LogP contribution >= 0.6 is 22.9 Å². The number of hydrogen-bond donors (Lipinski definition) is 3.